The van der Waals surface area contributed by atoms with Crippen molar-refractivity contribution in [3.63, 3.8) is 0 Å². The summed E-state index contributed by atoms with van der Waals surface area (Å²) in [5, 5.41) is 4.12. The second-order valence-electron chi connectivity index (χ2n) is 4.59. The summed E-state index contributed by atoms with van der Waals surface area (Å²) in [6.45, 7) is 2.15. The molecule has 0 bridgehead atoms. The number of aromatic nitrogens is 3. The lowest BCUT2D eigenvalue weighted by atomic mass is 9.97. The van der Waals surface area contributed by atoms with E-state index in [2.05, 4.69) is 53.1 Å². The third-order valence-electron chi connectivity index (χ3n) is 3.24. The SMILES string of the molecule is CC[C@@H](C#Cc1ccn2nccc2n1)c1ccccc1. The Kier molecular flexibility index (Phi) is 3.47. The largest absolute Gasteiger partial charge is 0.223 e. The van der Waals surface area contributed by atoms with Crippen LogP contribution in [0.25, 0.3) is 5.65 Å². The highest BCUT2D eigenvalue weighted by Gasteiger charge is 2.04. The number of hydrogen-bond acceptors (Lipinski definition) is 2. The van der Waals surface area contributed by atoms with Gasteiger partial charge in [-0.3, -0.25) is 0 Å². The summed E-state index contributed by atoms with van der Waals surface area (Å²) in [4.78, 5) is 4.46. The molecule has 98 valence electrons. The van der Waals surface area contributed by atoms with Crippen LogP contribution < -0.4 is 0 Å². The fourth-order valence-electron chi connectivity index (χ4n) is 2.15. The number of fused-ring (bicyclic) bond motifs is 1. The van der Waals surface area contributed by atoms with Gasteiger partial charge in [0.15, 0.2) is 5.65 Å². The first-order valence-corrected chi connectivity index (χ1v) is 6.73. The van der Waals surface area contributed by atoms with Gasteiger partial charge in [0.2, 0.25) is 0 Å². The van der Waals surface area contributed by atoms with Crippen LogP contribution in [0, 0.1) is 11.8 Å². The molecular weight excluding hydrogens is 246 g/mol. The van der Waals surface area contributed by atoms with E-state index in [0.717, 1.165) is 17.8 Å². The minimum Gasteiger partial charge on any atom is -0.223 e. The molecule has 0 aliphatic rings. The highest BCUT2D eigenvalue weighted by molar-refractivity contribution is 5.41. The van der Waals surface area contributed by atoms with Crippen molar-refractivity contribution < 1.29 is 0 Å². The predicted octanol–water partition coefficient (Wildman–Crippen LogP) is 3.27. The van der Waals surface area contributed by atoms with Crippen LogP contribution in [0.2, 0.25) is 0 Å². The monoisotopic (exact) mass is 261 g/mol. The van der Waals surface area contributed by atoms with Crippen molar-refractivity contribution in [3.05, 3.63) is 66.1 Å². The molecule has 0 aliphatic carbocycles. The molecule has 1 aromatic carbocycles. The Balaban J connectivity index is 1.89. The Hall–Kier alpha value is -2.60. The Morgan fingerprint density at radius 2 is 2.00 bits per heavy atom. The van der Waals surface area contributed by atoms with Gasteiger partial charge in [0.1, 0.15) is 5.69 Å². The van der Waals surface area contributed by atoms with Crippen molar-refractivity contribution >= 4 is 5.65 Å². The molecule has 0 saturated carbocycles. The van der Waals surface area contributed by atoms with Gasteiger partial charge in [-0.1, -0.05) is 43.2 Å². The summed E-state index contributed by atoms with van der Waals surface area (Å²) in [6, 6.07) is 14.1. The van der Waals surface area contributed by atoms with Gasteiger partial charge in [0, 0.05) is 18.2 Å². The lowest BCUT2D eigenvalue weighted by Gasteiger charge is -2.07. The summed E-state index contributed by atoms with van der Waals surface area (Å²) in [5.74, 6) is 6.74. The first-order valence-electron chi connectivity index (χ1n) is 6.73. The maximum absolute atomic E-state index is 4.46. The molecule has 2 aromatic heterocycles. The molecule has 2 heterocycles. The molecule has 3 nitrogen and oxygen atoms in total. The number of hydrogen-bond donors (Lipinski definition) is 0. The number of rotatable bonds is 2. The van der Waals surface area contributed by atoms with E-state index in [1.165, 1.54) is 5.56 Å². The van der Waals surface area contributed by atoms with Gasteiger partial charge < -0.3 is 0 Å². The topological polar surface area (TPSA) is 30.2 Å². The van der Waals surface area contributed by atoms with E-state index in [9.17, 15) is 0 Å². The van der Waals surface area contributed by atoms with E-state index >= 15 is 0 Å². The maximum atomic E-state index is 4.46. The van der Waals surface area contributed by atoms with Crippen molar-refractivity contribution in [2.45, 2.75) is 19.3 Å². The summed E-state index contributed by atoms with van der Waals surface area (Å²) in [6.07, 6.45) is 4.61. The molecule has 0 radical (unpaired) electrons. The highest BCUT2D eigenvalue weighted by atomic mass is 15.2. The van der Waals surface area contributed by atoms with Crippen LogP contribution in [0.3, 0.4) is 0 Å². The van der Waals surface area contributed by atoms with Crippen molar-refractivity contribution in [2.75, 3.05) is 0 Å². The van der Waals surface area contributed by atoms with Gasteiger partial charge in [-0.05, 0) is 24.0 Å². The van der Waals surface area contributed by atoms with Crippen LogP contribution in [0.15, 0.2) is 54.9 Å². The zero-order valence-corrected chi connectivity index (χ0v) is 11.3. The van der Waals surface area contributed by atoms with Gasteiger partial charge >= 0.3 is 0 Å². The van der Waals surface area contributed by atoms with Crippen LogP contribution in [0.5, 0.6) is 0 Å². The molecule has 0 N–H and O–H groups in total. The van der Waals surface area contributed by atoms with E-state index in [4.69, 9.17) is 0 Å². The zero-order valence-electron chi connectivity index (χ0n) is 11.3. The van der Waals surface area contributed by atoms with Crippen molar-refractivity contribution in [1.29, 1.82) is 0 Å². The normalized spacial score (nSPS) is 11.8. The molecule has 3 rings (SSSR count). The summed E-state index contributed by atoms with van der Waals surface area (Å²) < 4.78 is 1.74. The fourth-order valence-corrected chi connectivity index (χ4v) is 2.15. The quantitative estimate of drug-likeness (QED) is 0.663. The summed E-state index contributed by atoms with van der Waals surface area (Å²) in [5.41, 5.74) is 2.87. The first kappa shape index (κ1) is 12.4. The Morgan fingerprint density at radius 3 is 2.80 bits per heavy atom. The molecule has 0 aliphatic heterocycles. The van der Waals surface area contributed by atoms with Crippen LogP contribution in [0.1, 0.15) is 30.5 Å². The van der Waals surface area contributed by atoms with Crippen molar-refractivity contribution in [2.24, 2.45) is 0 Å². The average Bonchev–Trinajstić information content (AvgIpc) is 2.96. The molecule has 0 spiro atoms. The molecule has 0 amide bonds. The number of benzene rings is 1. The van der Waals surface area contributed by atoms with Crippen LogP contribution >= 0.6 is 0 Å². The van der Waals surface area contributed by atoms with Gasteiger partial charge in [-0.25, -0.2) is 9.50 Å². The minimum atomic E-state index is 0.249. The average molecular weight is 261 g/mol. The van der Waals surface area contributed by atoms with E-state index in [-0.39, 0.29) is 5.92 Å². The van der Waals surface area contributed by atoms with Gasteiger partial charge in [0.05, 0.1) is 6.20 Å². The lowest BCUT2D eigenvalue weighted by molar-refractivity contribution is 0.830. The second kappa shape index (κ2) is 5.58. The molecule has 20 heavy (non-hydrogen) atoms. The molecule has 1 atom stereocenters. The lowest BCUT2D eigenvalue weighted by Crippen LogP contribution is -1.95. The minimum absolute atomic E-state index is 0.249. The first-order chi connectivity index (χ1) is 9.86. The molecule has 3 heteroatoms. The van der Waals surface area contributed by atoms with Gasteiger partial charge in [-0.15, -0.1) is 0 Å². The van der Waals surface area contributed by atoms with E-state index in [0.29, 0.717) is 0 Å². The Bertz CT molecular complexity index is 763. The van der Waals surface area contributed by atoms with Crippen LogP contribution in [0.4, 0.5) is 0 Å². The van der Waals surface area contributed by atoms with E-state index in [1.807, 2.05) is 24.4 Å². The fraction of sp³-hybridized carbons (Fsp3) is 0.176. The number of nitrogens with zero attached hydrogens (tertiary/aromatic N) is 3. The second-order valence-corrected chi connectivity index (χ2v) is 4.59. The van der Waals surface area contributed by atoms with E-state index in [1.54, 1.807) is 10.7 Å². The van der Waals surface area contributed by atoms with Crippen molar-refractivity contribution in [3.8, 4) is 11.8 Å². The van der Waals surface area contributed by atoms with Crippen LogP contribution in [-0.4, -0.2) is 14.6 Å². The molecular formula is C17H15N3. The highest BCUT2D eigenvalue weighted by Crippen LogP contribution is 2.17. The van der Waals surface area contributed by atoms with Crippen molar-refractivity contribution in [1.82, 2.24) is 14.6 Å². The zero-order chi connectivity index (χ0) is 13.8. The third kappa shape index (κ3) is 2.55. The van der Waals surface area contributed by atoms with Crippen LogP contribution in [-0.2, 0) is 0 Å². The maximum Gasteiger partial charge on any atom is 0.156 e. The molecule has 0 unspecified atom stereocenters. The van der Waals surface area contributed by atoms with Gasteiger partial charge in [0.25, 0.3) is 0 Å². The standard InChI is InChI=1S/C17H15N3/c1-2-14(15-6-4-3-5-7-15)8-9-16-11-13-20-17(19-16)10-12-18-20/h3-7,10-14H,2H2,1H3/t14-/m0/s1. The van der Waals surface area contributed by atoms with Gasteiger partial charge in [-0.2, -0.15) is 5.10 Å². The van der Waals surface area contributed by atoms with E-state index < -0.39 is 0 Å². The smallest absolute Gasteiger partial charge is 0.156 e. The molecule has 3 aromatic rings. The molecule has 0 fully saturated rings. The molecule has 0 saturated heterocycles. The summed E-state index contributed by atoms with van der Waals surface area (Å²) in [7, 11) is 0. The predicted molar refractivity (Wildman–Crippen MR) is 79.3 cm³/mol. The Labute approximate surface area is 118 Å². The third-order valence-corrected chi connectivity index (χ3v) is 3.24. The summed E-state index contributed by atoms with van der Waals surface area (Å²) >= 11 is 0. The Morgan fingerprint density at radius 1 is 1.15 bits per heavy atom.